The molecule has 0 fully saturated rings. The molecule has 2 aromatic rings. The van der Waals surface area contributed by atoms with E-state index in [0.717, 1.165) is 12.0 Å². The number of alkyl halides is 3. The predicted molar refractivity (Wildman–Crippen MR) is 97.0 cm³/mol. The summed E-state index contributed by atoms with van der Waals surface area (Å²) in [7, 11) is 1.34. The minimum Gasteiger partial charge on any atom is -0.496 e. The third-order valence-electron chi connectivity index (χ3n) is 4.67. The maximum atomic E-state index is 13.3. The summed E-state index contributed by atoms with van der Waals surface area (Å²) in [5.41, 5.74) is -2.38. The number of methoxy groups -OCH3 is 1. The molecule has 1 aliphatic rings. The number of aryl methyl sites for hydroxylation is 1. The van der Waals surface area contributed by atoms with Crippen LogP contribution in [0, 0.1) is 0 Å². The van der Waals surface area contributed by atoms with Crippen molar-refractivity contribution in [2.45, 2.75) is 31.7 Å². The van der Waals surface area contributed by atoms with Gasteiger partial charge in [-0.3, -0.25) is 4.79 Å². The Labute approximate surface area is 160 Å². The fourth-order valence-corrected chi connectivity index (χ4v) is 3.08. The molecule has 0 saturated heterocycles. The number of nitrogens with zero attached hydrogens (tertiary/aromatic N) is 2. The van der Waals surface area contributed by atoms with Crippen molar-refractivity contribution < 1.29 is 27.8 Å². The topological polar surface area (TPSA) is 62.1 Å². The number of halogens is 3. The van der Waals surface area contributed by atoms with Crippen LogP contribution in [0.2, 0.25) is 0 Å². The fourth-order valence-electron chi connectivity index (χ4n) is 3.08. The number of hydrogen-bond donors (Lipinski definition) is 1. The van der Waals surface area contributed by atoms with Crippen molar-refractivity contribution in [1.29, 1.82) is 0 Å². The second kappa shape index (κ2) is 7.27. The first-order valence-electron chi connectivity index (χ1n) is 8.64. The Balaban J connectivity index is 2.09. The lowest BCUT2D eigenvalue weighted by molar-refractivity contribution is -0.0816. The highest BCUT2D eigenvalue weighted by molar-refractivity contribution is 6.01. The van der Waals surface area contributed by atoms with Gasteiger partial charge >= 0.3 is 6.18 Å². The van der Waals surface area contributed by atoms with Crippen molar-refractivity contribution in [2.75, 3.05) is 7.11 Å². The Kier molecular flexibility index (Phi) is 5.16. The largest absolute Gasteiger partial charge is 0.496 e. The number of carbonyl (C=O) groups is 1. The van der Waals surface area contributed by atoms with Crippen LogP contribution in [0.4, 0.5) is 13.2 Å². The van der Waals surface area contributed by atoms with Gasteiger partial charge in [0.15, 0.2) is 5.72 Å². The Morgan fingerprint density at radius 1 is 1.21 bits per heavy atom. The molecule has 3 rings (SSSR count). The van der Waals surface area contributed by atoms with Gasteiger partial charge in [0, 0.05) is 5.56 Å². The van der Waals surface area contributed by atoms with Crippen LogP contribution in [-0.2, 0) is 12.1 Å². The van der Waals surface area contributed by atoms with Gasteiger partial charge in [-0.2, -0.15) is 23.3 Å². The van der Waals surface area contributed by atoms with E-state index in [9.17, 15) is 23.1 Å². The SMILES string of the molecule is CCc1ccc([C@@]2(O)CC(C(F)(F)F)=NN2C(=O)c2ccccc2OC)cc1. The van der Waals surface area contributed by atoms with Gasteiger partial charge in [-0.25, -0.2) is 0 Å². The first-order chi connectivity index (χ1) is 13.2. The second-order valence-corrected chi connectivity index (χ2v) is 6.41. The molecule has 2 aromatic carbocycles. The Morgan fingerprint density at radius 3 is 2.43 bits per heavy atom. The maximum absolute atomic E-state index is 13.3. The molecule has 1 amide bonds. The zero-order chi connectivity index (χ0) is 20.5. The lowest BCUT2D eigenvalue weighted by Crippen LogP contribution is -2.43. The summed E-state index contributed by atoms with van der Waals surface area (Å²) < 4.78 is 45.1. The summed E-state index contributed by atoms with van der Waals surface area (Å²) in [6, 6.07) is 12.5. The molecule has 0 unspecified atom stereocenters. The Bertz CT molecular complexity index is 910. The summed E-state index contributed by atoms with van der Waals surface area (Å²) in [6.07, 6.45) is -4.90. The highest BCUT2D eigenvalue weighted by Gasteiger charge is 2.53. The summed E-state index contributed by atoms with van der Waals surface area (Å²) in [6.45, 7) is 1.93. The molecule has 1 atom stereocenters. The number of carbonyl (C=O) groups excluding carboxylic acids is 1. The minimum atomic E-state index is -4.77. The van der Waals surface area contributed by atoms with Gasteiger partial charge in [-0.15, -0.1) is 0 Å². The van der Waals surface area contributed by atoms with Crippen LogP contribution in [0.5, 0.6) is 5.75 Å². The van der Waals surface area contributed by atoms with Gasteiger partial charge in [0.1, 0.15) is 11.5 Å². The molecule has 0 saturated carbocycles. The van der Waals surface area contributed by atoms with Crippen molar-refractivity contribution in [1.82, 2.24) is 5.01 Å². The van der Waals surface area contributed by atoms with Crippen molar-refractivity contribution in [2.24, 2.45) is 5.10 Å². The number of para-hydroxylation sites is 1. The third-order valence-corrected chi connectivity index (χ3v) is 4.67. The molecule has 28 heavy (non-hydrogen) atoms. The van der Waals surface area contributed by atoms with E-state index < -0.39 is 29.9 Å². The molecule has 0 aliphatic carbocycles. The van der Waals surface area contributed by atoms with Crippen LogP contribution in [0.3, 0.4) is 0 Å². The molecule has 1 N–H and O–H groups in total. The van der Waals surface area contributed by atoms with E-state index in [0.29, 0.717) is 5.01 Å². The monoisotopic (exact) mass is 392 g/mol. The standard InChI is InChI=1S/C20H19F3N2O3/c1-3-13-8-10-14(11-9-13)19(27)12-17(20(21,22)23)24-25(19)18(26)15-6-4-5-7-16(15)28-2/h4-11,27H,3,12H2,1-2H3/t19-/m0/s1. The Morgan fingerprint density at radius 2 is 1.86 bits per heavy atom. The fraction of sp³-hybridized carbons (Fsp3) is 0.300. The van der Waals surface area contributed by atoms with Crippen LogP contribution < -0.4 is 4.74 Å². The number of benzene rings is 2. The van der Waals surface area contributed by atoms with Crippen LogP contribution in [0.25, 0.3) is 0 Å². The van der Waals surface area contributed by atoms with Gasteiger partial charge in [-0.05, 0) is 24.1 Å². The van der Waals surface area contributed by atoms with E-state index in [1.54, 1.807) is 24.3 Å². The smallest absolute Gasteiger partial charge is 0.431 e. The molecular weight excluding hydrogens is 373 g/mol. The van der Waals surface area contributed by atoms with Crippen molar-refractivity contribution >= 4 is 11.6 Å². The maximum Gasteiger partial charge on any atom is 0.431 e. The van der Waals surface area contributed by atoms with Gasteiger partial charge in [0.05, 0.1) is 19.1 Å². The lowest BCUT2D eigenvalue weighted by atomic mass is 9.95. The average molecular weight is 392 g/mol. The molecule has 5 nitrogen and oxygen atoms in total. The van der Waals surface area contributed by atoms with Crippen LogP contribution >= 0.6 is 0 Å². The molecular formula is C20H19F3N2O3. The van der Waals surface area contributed by atoms with Gasteiger partial charge in [-0.1, -0.05) is 43.3 Å². The number of aliphatic hydroxyl groups is 1. The molecule has 8 heteroatoms. The van der Waals surface area contributed by atoms with Crippen LogP contribution in [-0.4, -0.2) is 35.0 Å². The molecule has 0 spiro atoms. The number of rotatable bonds is 4. The minimum absolute atomic E-state index is 0.000720. The first-order valence-corrected chi connectivity index (χ1v) is 8.64. The first kappa shape index (κ1) is 19.9. The van der Waals surface area contributed by atoms with E-state index in [4.69, 9.17) is 4.74 Å². The van der Waals surface area contributed by atoms with E-state index >= 15 is 0 Å². The molecule has 0 bridgehead atoms. The highest BCUT2D eigenvalue weighted by atomic mass is 19.4. The average Bonchev–Trinajstić information content (AvgIpc) is 3.06. The van der Waals surface area contributed by atoms with Crippen LogP contribution in [0.1, 0.15) is 34.8 Å². The highest BCUT2D eigenvalue weighted by Crippen LogP contribution is 2.41. The van der Waals surface area contributed by atoms with Crippen molar-refractivity contribution in [3.05, 3.63) is 65.2 Å². The zero-order valence-corrected chi connectivity index (χ0v) is 15.3. The molecule has 0 aromatic heterocycles. The summed E-state index contributed by atoms with van der Waals surface area (Å²) in [4.78, 5) is 13.0. The molecule has 0 radical (unpaired) electrons. The van der Waals surface area contributed by atoms with E-state index in [1.165, 1.54) is 31.4 Å². The summed E-state index contributed by atoms with van der Waals surface area (Å²) >= 11 is 0. The number of hydrogen-bond acceptors (Lipinski definition) is 4. The molecule has 1 heterocycles. The number of amides is 1. The van der Waals surface area contributed by atoms with Crippen molar-refractivity contribution in [3.63, 3.8) is 0 Å². The number of ether oxygens (including phenoxy) is 1. The Hall–Kier alpha value is -2.87. The quantitative estimate of drug-likeness (QED) is 0.859. The lowest BCUT2D eigenvalue weighted by Gasteiger charge is -2.32. The number of hydrazone groups is 1. The normalized spacial score (nSPS) is 19.5. The molecule has 148 valence electrons. The van der Waals surface area contributed by atoms with Crippen LogP contribution in [0.15, 0.2) is 53.6 Å². The predicted octanol–water partition coefficient (Wildman–Crippen LogP) is 3.87. The summed E-state index contributed by atoms with van der Waals surface area (Å²) in [5.74, 6) is -0.717. The second-order valence-electron chi connectivity index (χ2n) is 6.41. The van der Waals surface area contributed by atoms with Gasteiger partial charge in [0.25, 0.3) is 5.91 Å². The van der Waals surface area contributed by atoms with E-state index in [1.807, 2.05) is 6.92 Å². The molecule has 1 aliphatic heterocycles. The van der Waals surface area contributed by atoms with Crippen molar-refractivity contribution in [3.8, 4) is 5.75 Å². The van der Waals surface area contributed by atoms with E-state index in [2.05, 4.69) is 5.10 Å². The van der Waals surface area contributed by atoms with Gasteiger partial charge in [0.2, 0.25) is 0 Å². The third kappa shape index (κ3) is 3.47. The zero-order valence-electron chi connectivity index (χ0n) is 15.3. The van der Waals surface area contributed by atoms with Gasteiger partial charge < -0.3 is 9.84 Å². The summed E-state index contributed by atoms with van der Waals surface area (Å²) in [5, 5.41) is 15.1. The van der Waals surface area contributed by atoms with E-state index in [-0.39, 0.29) is 16.9 Å².